The van der Waals surface area contributed by atoms with Gasteiger partial charge in [-0.3, -0.25) is 0 Å². The van der Waals surface area contributed by atoms with Gasteiger partial charge in [-0.1, -0.05) is 11.1 Å². The summed E-state index contributed by atoms with van der Waals surface area (Å²) in [5, 5.41) is 0. The SMILES string of the molecule is CC1=C(C)C(CCN2CCCC2)C(C)=C1C.[Cl-].[Cl-].[Ti+2]. The minimum atomic E-state index is 0. The zero-order valence-electron chi connectivity index (χ0n) is 12.5. The fourth-order valence-electron chi connectivity index (χ4n) is 3.19. The molecule has 1 aliphatic heterocycles. The Morgan fingerprint density at radius 3 is 1.74 bits per heavy atom. The monoisotopic (exact) mass is 337 g/mol. The number of nitrogens with zero attached hydrogens (tertiary/aromatic N) is 1. The third-order valence-corrected chi connectivity index (χ3v) is 4.72. The standard InChI is InChI=1S/C15H25N.2ClH.Ti/c1-11-12(2)14(4)15(13(11)3)7-10-16-8-5-6-9-16;;;/h15H,5-10H2,1-4H3;2*1H;/q;;;+2/p-2. The maximum atomic E-state index is 2.63. The number of hydrogen-bond acceptors (Lipinski definition) is 1. The summed E-state index contributed by atoms with van der Waals surface area (Å²) >= 11 is 0. The van der Waals surface area contributed by atoms with Gasteiger partial charge in [0.15, 0.2) is 0 Å². The van der Waals surface area contributed by atoms with Crippen LogP contribution in [-0.2, 0) is 21.7 Å². The molecule has 0 amide bonds. The van der Waals surface area contributed by atoms with E-state index in [1.807, 2.05) is 0 Å². The van der Waals surface area contributed by atoms with Crippen LogP contribution in [0.15, 0.2) is 22.3 Å². The van der Waals surface area contributed by atoms with Gasteiger partial charge in [-0.2, -0.15) is 0 Å². The van der Waals surface area contributed by atoms with Crippen LogP contribution < -0.4 is 24.8 Å². The molecule has 0 aromatic carbocycles. The van der Waals surface area contributed by atoms with Gasteiger partial charge in [0.2, 0.25) is 0 Å². The molecule has 0 unspecified atom stereocenters. The Labute approximate surface area is 146 Å². The number of hydrogen-bond donors (Lipinski definition) is 0. The zero-order chi connectivity index (χ0) is 11.7. The summed E-state index contributed by atoms with van der Waals surface area (Å²) in [5.74, 6) is 0.737. The molecule has 1 heterocycles. The molecule has 1 saturated heterocycles. The molecule has 0 saturated carbocycles. The molecule has 1 nitrogen and oxygen atoms in total. The van der Waals surface area contributed by atoms with E-state index in [9.17, 15) is 0 Å². The van der Waals surface area contributed by atoms with E-state index in [0.29, 0.717) is 0 Å². The molecule has 0 aromatic heterocycles. The third kappa shape index (κ3) is 4.90. The molecule has 19 heavy (non-hydrogen) atoms. The molecule has 0 radical (unpaired) electrons. The smallest absolute Gasteiger partial charge is 1.00 e. The summed E-state index contributed by atoms with van der Waals surface area (Å²) < 4.78 is 0. The van der Waals surface area contributed by atoms with Crippen molar-refractivity contribution in [2.75, 3.05) is 19.6 Å². The first-order valence-corrected chi connectivity index (χ1v) is 6.68. The van der Waals surface area contributed by atoms with E-state index in [1.54, 1.807) is 22.3 Å². The van der Waals surface area contributed by atoms with Gasteiger partial charge in [-0.25, -0.2) is 0 Å². The van der Waals surface area contributed by atoms with Gasteiger partial charge in [0.25, 0.3) is 0 Å². The van der Waals surface area contributed by atoms with Crippen LogP contribution in [0.3, 0.4) is 0 Å². The summed E-state index contributed by atoms with van der Waals surface area (Å²) in [6, 6.07) is 0. The van der Waals surface area contributed by atoms with Gasteiger partial charge in [-0.15, -0.1) is 0 Å². The van der Waals surface area contributed by atoms with Crippen molar-refractivity contribution in [2.45, 2.75) is 47.0 Å². The molecule has 4 heteroatoms. The molecule has 2 rings (SSSR count). The Kier molecular flexibility index (Phi) is 11.2. The summed E-state index contributed by atoms with van der Waals surface area (Å²) in [4.78, 5) is 2.63. The summed E-state index contributed by atoms with van der Waals surface area (Å²) in [6.45, 7) is 13.2. The number of halogens is 2. The summed E-state index contributed by atoms with van der Waals surface area (Å²) in [7, 11) is 0. The second-order valence-corrected chi connectivity index (χ2v) is 5.51. The molecule has 108 valence electrons. The van der Waals surface area contributed by atoms with Gasteiger partial charge in [0, 0.05) is 5.92 Å². The van der Waals surface area contributed by atoms with E-state index in [4.69, 9.17) is 0 Å². The molecular weight excluding hydrogens is 313 g/mol. The van der Waals surface area contributed by atoms with Gasteiger partial charge in [0.1, 0.15) is 0 Å². The van der Waals surface area contributed by atoms with Gasteiger partial charge in [-0.05, 0) is 77.7 Å². The molecule has 2 aliphatic rings. The predicted molar refractivity (Wildman–Crippen MR) is 70.5 cm³/mol. The average molecular weight is 338 g/mol. The van der Waals surface area contributed by atoms with Crippen LogP contribution in [0.25, 0.3) is 0 Å². The normalized spacial score (nSPS) is 20.2. The number of likely N-dealkylation sites (tertiary alicyclic amines) is 1. The summed E-state index contributed by atoms with van der Waals surface area (Å²) in [5.41, 5.74) is 6.33. The van der Waals surface area contributed by atoms with Crippen molar-refractivity contribution in [3.05, 3.63) is 22.3 Å². The molecule has 0 aromatic rings. The minimum absolute atomic E-state index is 0. The van der Waals surface area contributed by atoms with E-state index < -0.39 is 0 Å². The van der Waals surface area contributed by atoms with Crippen LogP contribution in [0, 0.1) is 5.92 Å². The largest absolute Gasteiger partial charge is 2.00 e. The molecule has 0 atom stereocenters. The van der Waals surface area contributed by atoms with E-state index >= 15 is 0 Å². The quantitative estimate of drug-likeness (QED) is 0.527. The first-order chi connectivity index (χ1) is 7.61. The summed E-state index contributed by atoms with van der Waals surface area (Å²) in [6.07, 6.45) is 4.14. The number of rotatable bonds is 3. The van der Waals surface area contributed by atoms with Crippen molar-refractivity contribution in [2.24, 2.45) is 5.92 Å². The van der Waals surface area contributed by atoms with Gasteiger partial charge < -0.3 is 29.7 Å². The Balaban J connectivity index is 0. The Morgan fingerprint density at radius 2 is 1.32 bits per heavy atom. The average Bonchev–Trinajstić information content (AvgIpc) is 2.84. The van der Waals surface area contributed by atoms with E-state index in [1.165, 1.54) is 38.9 Å². The molecular formula is C15H25Cl2NTi. The van der Waals surface area contributed by atoms with Crippen LogP contribution >= 0.6 is 0 Å². The van der Waals surface area contributed by atoms with Crippen LogP contribution in [0.2, 0.25) is 0 Å². The van der Waals surface area contributed by atoms with Crippen molar-refractivity contribution < 1.29 is 46.5 Å². The predicted octanol–water partition coefficient (Wildman–Crippen LogP) is -2.22. The fourth-order valence-corrected chi connectivity index (χ4v) is 3.19. The first-order valence-electron chi connectivity index (χ1n) is 6.68. The molecule has 0 N–H and O–H groups in total. The number of allylic oxidation sites excluding steroid dienone is 4. The first kappa shape index (κ1) is 22.0. The maximum Gasteiger partial charge on any atom is 2.00 e. The Bertz CT molecular complexity index is 320. The van der Waals surface area contributed by atoms with Gasteiger partial charge >= 0.3 is 21.7 Å². The van der Waals surface area contributed by atoms with Crippen molar-refractivity contribution in [1.82, 2.24) is 4.90 Å². The fraction of sp³-hybridized carbons (Fsp3) is 0.733. The topological polar surface area (TPSA) is 3.24 Å². The Hall–Kier alpha value is 0.734. The van der Waals surface area contributed by atoms with Crippen LogP contribution in [-0.4, -0.2) is 24.5 Å². The van der Waals surface area contributed by atoms with E-state index in [-0.39, 0.29) is 46.5 Å². The Morgan fingerprint density at radius 1 is 0.895 bits per heavy atom. The van der Waals surface area contributed by atoms with Crippen molar-refractivity contribution in [3.8, 4) is 0 Å². The molecule has 0 spiro atoms. The zero-order valence-corrected chi connectivity index (χ0v) is 15.6. The maximum absolute atomic E-state index is 2.63. The van der Waals surface area contributed by atoms with Crippen molar-refractivity contribution in [3.63, 3.8) is 0 Å². The second-order valence-electron chi connectivity index (χ2n) is 5.51. The van der Waals surface area contributed by atoms with Crippen LogP contribution in [0.1, 0.15) is 47.0 Å². The van der Waals surface area contributed by atoms with Crippen molar-refractivity contribution >= 4 is 0 Å². The van der Waals surface area contributed by atoms with Gasteiger partial charge in [0.05, 0.1) is 0 Å². The third-order valence-electron chi connectivity index (χ3n) is 4.72. The van der Waals surface area contributed by atoms with Crippen LogP contribution in [0.5, 0.6) is 0 Å². The van der Waals surface area contributed by atoms with Crippen LogP contribution in [0.4, 0.5) is 0 Å². The second kappa shape index (κ2) is 9.63. The van der Waals surface area contributed by atoms with E-state index in [2.05, 4.69) is 32.6 Å². The molecule has 1 aliphatic carbocycles. The molecule has 1 fully saturated rings. The van der Waals surface area contributed by atoms with E-state index in [0.717, 1.165) is 5.92 Å². The minimum Gasteiger partial charge on any atom is -1.00 e. The van der Waals surface area contributed by atoms with Crippen molar-refractivity contribution in [1.29, 1.82) is 0 Å². The molecule has 0 bridgehead atoms.